The lowest BCUT2D eigenvalue weighted by Gasteiger charge is -2.44. The molecular formula is C18H30N2O. The summed E-state index contributed by atoms with van der Waals surface area (Å²) in [4.78, 5) is 2.42. The second kappa shape index (κ2) is 7.28. The minimum atomic E-state index is 0.308. The van der Waals surface area contributed by atoms with Crippen molar-refractivity contribution >= 4 is 0 Å². The summed E-state index contributed by atoms with van der Waals surface area (Å²) < 4.78 is 0. The van der Waals surface area contributed by atoms with Gasteiger partial charge in [-0.05, 0) is 51.1 Å². The van der Waals surface area contributed by atoms with Crippen LogP contribution in [-0.4, -0.2) is 36.2 Å². The van der Waals surface area contributed by atoms with Crippen LogP contribution in [0.2, 0.25) is 0 Å². The zero-order valence-electron chi connectivity index (χ0n) is 13.7. The lowest BCUT2D eigenvalue weighted by molar-refractivity contribution is 0.0949. The average Bonchev–Trinajstić information content (AvgIpc) is 2.50. The molecule has 2 N–H and O–H groups in total. The van der Waals surface area contributed by atoms with Crippen molar-refractivity contribution in [1.82, 2.24) is 10.2 Å². The number of nitrogens with zero attached hydrogens (tertiary/aromatic N) is 1. The van der Waals surface area contributed by atoms with Gasteiger partial charge in [0.15, 0.2) is 0 Å². The molecule has 3 heteroatoms. The van der Waals surface area contributed by atoms with E-state index in [0.29, 0.717) is 17.3 Å². The average molecular weight is 290 g/mol. The molecule has 2 rings (SSSR count). The van der Waals surface area contributed by atoms with E-state index in [0.717, 1.165) is 13.0 Å². The second-order valence-electron chi connectivity index (χ2n) is 6.61. The summed E-state index contributed by atoms with van der Waals surface area (Å²) in [5.74, 6) is 0.339. The van der Waals surface area contributed by atoms with Crippen LogP contribution >= 0.6 is 0 Å². The van der Waals surface area contributed by atoms with Crippen molar-refractivity contribution in [2.24, 2.45) is 0 Å². The fraction of sp³-hybridized carbons (Fsp3) is 0.667. The number of nitrogens with one attached hydrogen (secondary N) is 1. The standard InChI is InChI=1S/C18H30N2O/c1-4-17(15-8-10-16(21)11-9-15)19-14-18(20(2)3)12-6-5-7-13-18/h8-11,17,19,21H,4-7,12-14H2,1-3H3. The second-order valence-corrected chi connectivity index (χ2v) is 6.61. The highest BCUT2D eigenvalue weighted by Gasteiger charge is 2.34. The molecule has 0 radical (unpaired) electrons. The number of phenols is 1. The normalized spacial score (nSPS) is 19.6. The highest BCUT2D eigenvalue weighted by Crippen LogP contribution is 2.32. The molecule has 1 saturated carbocycles. The molecule has 1 aromatic rings. The topological polar surface area (TPSA) is 35.5 Å². The van der Waals surface area contributed by atoms with Gasteiger partial charge >= 0.3 is 0 Å². The van der Waals surface area contributed by atoms with Gasteiger partial charge in [-0.25, -0.2) is 0 Å². The Kier molecular flexibility index (Phi) is 5.65. The van der Waals surface area contributed by atoms with Gasteiger partial charge in [0.2, 0.25) is 0 Å². The van der Waals surface area contributed by atoms with Gasteiger partial charge in [-0.1, -0.05) is 38.3 Å². The molecule has 0 spiro atoms. The Morgan fingerprint density at radius 2 is 1.76 bits per heavy atom. The molecule has 0 amide bonds. The fourth-order valence-electron chi connectivity index (χ4n) is 3.51. The van der Waals surface area contributed by atoms with Crippen LogP contribution in [0.4, 0.5) is 0 Å². The molecule has 0 heterocycles. The van der Waals surface area contributed by atoms with Gasteiger partial charge in [0, 0.05) is 18.1 Å². The van der Waals surface area contributed by atoms with Gasteiger partial charge in [-0.2, -0.15) is 0 Å². The molecule has 0 aromatic heterocycles. The van der Waals surface area contributed by atoms with Gasteiger partial charge in [-0.3, -0.25) is 0 Å². The Balaban J connectivity index is 2.02. The molecule has 1 aliphatic rings. The Morgan fingerprint density at radius 1 is 1.14 bits per heavy atom. The zero-order chi connectivity index (χ0) is 15.3. The Hall–Kier alpha value is -1.06. The highest BCUT2D eigenvalue weighted by molar-refractivity contribution is 5.28. The number of hydrogen-bond acceptors (Lipinski definition) is 3. The Labute approximate surface area is 129 Å². The third kappa shape index (κ3) is 3.98. The van der Waals surface area contributed by atoms with Crippen molar-refractivity contribution in [2.75, 3.05) is 20.6 Å². The maximum Gasteiger partial charge on any atom is 0.115 e. The van der Waals surface area contributed by atoms with Gasteiger partial charge in [0.05, 0.1) is 0 Å². The minimum Gasteiger partial charge on any atom is -0.508 e. The van der Waals surface area contributed by atoms with E-state index < -0.39 is 0 Å². The first-order valence-electron chi connectivity index (χ1n) is 8.27. The van der Waals surface area contributed by atoms with Crippen LogP contribution in [0.25, 0.3) is 0 Å². The first kappa shape index (κ1) is 16.3. The van der Waals surface area contributed by atoms with E-state index in [-0.39, 0.29) is 0 Å². The van der Waals surface area contributed by atoms with Crippen molar-refractivity contribution in [2.45, 2.75) is 57.0 Å². The summed E-state index contributed by atoms with van der Waals surface area (Å²) in [6.45, 7) is 3.26. The van der Waals surface area contributed by atoms with Crippen molar-refractivity contribution in [1.29, 1.82) is 0 Å². The molecule has 0 bridgehead atoms. The first-order chi connectivity index (χ1) is 10.1. The summed E-state index contributed by atoms with van der Waals surface area (Å²) in [7, 11) is 4.43. The van der Waals surface area contributed by atoms with Crippen molar-refractivity contribution < 1.29 is 5.11 Å². The molecular weight excluding hydrogens is 260 g/mol. The lowest BCUT2D eigenvalue weighted by Crippen LogP contribution is -2.53. The van der Waals surface area contributed by atoms with Crippen molar-refractivity contribution in [3.8, 4) is 5.75 Å². The van der Waals surface area contributed by atoms with E-state index in [2.05, 4.69) is 31.2 Å². The molecule has 21 heavy (non-hydrogen) atoms. The smallest absolute Gasteiger partial charge is 0.115 e. The van der Waals surface area contributed by atoms with Crippen LogP contribution in [0.15, 0.2) is 24.3 Å². The maximum atomic E-state index is 9.43. The van der Waals surface area contributed by atoms with Gasteiger partial charge in [0.25, 0.3) is 0 Å². The third-order valence-corrected chi connectivity index (χ3v) is 5.11. The van der Waals surface area contributed by atoms with Gasteiger partial charge in [-0.15, -0.1) is 0 Å². The summed E-state index contributed by atoms with van der Waals surface area (Å²) >= 11 is 0. The molecule has 1 fully saturated rings. The molecule has 1 atom stereocenters. The van der Waals surface area contributed by atoms with Crippen molar-refractivity contribution in [3.05, 3.63) is 29.8 Å². The monoisotopic (exact) mass is 290 g/mol. The zero-order valence-corrected chi connectivity index (χ0v) is 13.7. The molecule has 0 aliphatic heterocycles. The van der Waals surface area contributed by atoms with E-state index in [1.807, 2.05) is 12.1 Å². The first-order valence-corrected chi connectivity index (χ1v) is 8.27. The molecule has 118 valence electrons. The molecule has 1 aliphatic carbocycles. The van der Waals surface area contributed by atoms with Crippen LogP contribution < -0.4 is 5.32 Å². The predicted octanol–water partition coefficient (Wildman–Crippen LogP) is 3.70. The molecule has 0 saturated heterocycles. The van der Waals surface area contributed by atoms with E-state index in [1.54, 1.807) is 12.1 Å². The number of benzene rings is 1. The van der Waals surface area contributed by atoms with Crippen LogP contribution in [0.1, 0.15) is 57.1 Å². The summed E-state index contributed by atoms with van der Waals surface area (Å²) in [5, 5.41) is 13.2. The largest absolute Gasteiger partial charge is 0.508 e. The minimum absolute atomic E-state index is 0.308. The number of rotatable bonds is 6. The maximum absolute atomic E-state index is 9.43. The number of phenolic OH excluding ortho intramolecular Hbond substituents is 1. The van der Waals surface area contributed by atoms with Crippen LogP contribution in [0.5, 0.6) is 5.75 Å². The highest BCUT2D eigenvalue weighted by atomic mass is 16.3. The van der Waals surface area contributed by atoms with Gasteiger partial charge in [0.1, 0.15) is 5.75 Å². The van der Waals surface area contributed by atoms with Crippen LogP contribution in [0.3, 0.4) is 0 Å². The molecule has 3 nitrogen and oxygen atoms in total. The number of hydrogen-bond donors (Lipinski definition) is 2. The molecule has 1 unspecified atom stereocenters. The van der Waals surface area contributed by atoms with E-state index in [1.165, 1.54) is 37.7 Å². The van der Waals surface area contributed by atoms with E-state index in [9.17, 15) is 5.11 Å². The lowest BCUT2D eigenvalue weighted by atomic mass is 9.80. The third-order valence-electron chi connectivity index (χ3n) is 5.11. The number of likely N-dealkylation sites (N-methyl/N-ethyl adjacent to an activating group) is 1. The fourth-order valence-corrected chi connectivity index (χ4v) is 3.51. The van der Waals surface area contributed by atoms with Crippen LogP contribution in [-0.2, 0) is 0 Å². The predicted molar refractivity (Wildman–Crippen MR) is 88.6 cm³/mol. The van der Waals surface area contributed by atoms with Crippen LogP contribution in [0, 0.1) is 0 Å². The quantitative estimate of drug-likeness (QED) is 0.838. The molecule has 1 aromatic carbocycles. The van der Waals surface area contributed by atoms with E-state index in [4.69, 9.17) is 0 Å². The van der Waals surface area contributed by atoms with Crippen molar-refractivity contribution in [3.63, 3.8) is 0 Å². The van der Waals surface area contributed by atoms with Gasteiger partial charge < -0.3 is 15.3 Å². The number of aromatic hydroxyl groups is 1. The Bertz CT molecular complexity index is 421. The summed E-state index contributed by atoms with van der Waals surface area (Å²) in [6.07, 6.45) is 7.71. The summed E-state index contributed by atoms with van der Waals surface area (Å²) in [6, 6.07) is 7.98. The van der Waals surface area contributed by atoms with E-state index >= 15 is 0 Å². The summed E-state index contributed by atoms with van der Waals surface area (Å²) in [5.41, 5.74) is 1.57. The SMILES string of the molecule is CCC(NCC1(N(C)C)CCCCC1)c1ccc(O)cc1. The Morgan fingerprint density at radius 3 is 2.29 bits per heavy atom.